The maximum absolute atomic E-state index is 12.0. The van der Waals surface area contributed by atoms with E-state index in [9.17, 15) is 13.2 Å². The Morgan fingerprint density at radius 3 is 2.68 bits per heavy atom. The van der Waals surface area contributed by atoms with Gasteiger partial charge in [-0.15, -0.1) is 0 Å². The molecule has 19 heavy (non-hydrogen) atoms. The number of pyridine rings is 1. The normalized spacial score (nSPS) is 21.7. The van der Waals surface area contributed by atoms with Gasteiger partial charge in [-0.05, 0) is 24.6 Å². The summed E-state index contributed by atoms with van der Waals surface area (Å²) in [6, 6.07) is 3.62. The highest BCUT2D eigenvalue weighted by Gasteiger charge is 2.35. The van der Waals surface area contributed by atoms with Gasteiger partial charge in [-0.2, -0.15) is 0 Å². The first-order chi connectivity index (χ1) is 8.87. The van der Waals surface area contributed by atoms with Crippen molar-refractivity contribution in [3.8, 4) is 0 Å². The van der Waals surface area contributed by atoms with Gasteiger partial charge >= 0.3 is 0 Å². The van der Waals surface area contributed by atoms with Crippen molar-refractivity contribution in [2.75, 3.05) is 12.3 Å². The molecule has 2 atom stereocenters. The zero-order chi connectivity index (χ0) is 14.0. The molecule has 1 aromatic rings. The van der Waals surface area contributed by atoms with Crippen LogP contribution < -0.4 is 0 Å². The SMILES string of the molecule is CC(c1ccncc1)N1CC(CS(=O)(=O)Cl)CC1=O. The Kier molecular flexibility index (Phi) is 4.10. The average molecular weight is 303 g/mol. The number of carbonyl (C=O) groups is 1. The van der Waals surface area contributed by atoms with Crippen LogP contribution in [0, 0.1) is 5.92 Å². The van der Waals surface area contributed by atoms with Gasteiger partial charge < -0.3 is 4.90 Å². The summed E-state index contributed by atoms with van der Waals surface area (Å²) in [6.07, 6.45) is 3.58. The zero-order valence-corrected chi connectivity index (χ0v) is 12.1. The number of nitrogens with zero attached hydrogens (tertiary/aromatic N) is 2. The van der Waals surface area contributed by atoms with Crippen LogP contribution in [0.25, 0.3) is 0 Å². The minimum Gasteiger partial charge on any atom is -0.336 e. The Morgan fingerprint density at radius 1 is 1.47 bits per heavy atom. The fourth-order valence-corrected chi connectivity index (χ4v) is 3.72. The van der Waals surface area contributed by atoms with Crippen molar-refractivity contribution in [3.05, 3.63) is 30.1 Å². The van der Waals surface area contributed by atoms with Crippen molar-refractivity contribution >= 4 is 25.6 Å². The molecule has 0 aromatic carbocycles. The second-order valence-electron chi connectivity index (χ2n) is 4.78. The highest BCUT2D eigenvalue weighted by Crippen LogP contribution is 2.29. The van der Waals surface area contributed by atoms with Crippen molar-refractivity contribution in [1.29, 1.82) is 0 Å². The monoisotopic (exact) mass is 302 g/mol. The van der Waals surface area contributed by atoms with E-state index < -0.39 is 9.05 Å². The molecule has 1 fully saturated rings. The lowest BCUT2D eigenvalue weighted by Crippen LogP contribution is -2.29. The summed E-state index contributed by atoms with van der Waals surface area (Å²) in [5.74, 6) is -0.409. The molecule has 2 unspecified atom stereocenters. The fourth-order valence-electron chi connectivity index (χ4n) is 2.40. The fraction of sp³-hybridized carbons (Fsp3) is 0.500. The molecule has 2 rings (SSSR count). The van der Waals surface area contributed by atoms with E-state index >= 15 is 0 Å². The highest BCUT2D eigenvalue weighted by molar-refractivity contribution is 8.13. The molecule has 1 saturated heterocycles. The van der Waals surface area contributed by atoms with Gasteiger partial charge in [0, 0.05) is 42.0 Å². The van der Waals surface area contributed by atoms with Crippen LogP contribution in [-0.2, 0) is 13.8 Å². The van der Waals surface area contributed by atoms with E-state index in [1.165, 1.54) is 0 Å². The second kappa shape index (κ2) is 5.46. The molecule has 0 saturated carbocycles. The minimum atomic E-state index is -3.56. The molecule has 0 bridgehead atoms. The van der Waals surface area contributed by atoms with Crippen molar-refractivity contribution in [1.82, 2.24) is 9.88 Å². The Morgan fingerprint density at radius 2 is 2.11 bits per heavy atom. The van der Waals surface area contributed by atoms with E-state index in [4.69, 9.17) is 10.7 Å². The third-order valence-corrected chi connectivity index (χ3v) is 4.58. The van der Waals surface area contributed by atoms with E-state index in [0.717, 1.165) is 5.56 Å². The molecular weight excluding hydrogens is 288 g/mol. The smallest absolute Gasteiger partial charge is 0.232 e. The number of hydrogen-bond donors (Lipinski definition) is 0. The van der Waals surface area contributed by atoms with E-state index in [1.807, 2.05) is 19.1 Å². The molecule has 1 aliphatic rings. The van der Waals surface area contributed by atoms with Crippen LogP contribution in [0.4, 0.5) is 0 Å². The molecule has 1 aliphatic heterocycles. The number of amides is 1. The molecule has 104 valence electrons. The van der Waals surface area contributed by atoms with Gasteiger partial charge in [0.15, 0.2) is 0 Å². The maximum atomic E-state index is 12.0. The minimum absolute atomic E-state index is 0.0328. The maximum Gasteiger partial charge on any atom is 0.232 e. The lowest BCUT2D eigenvalue weighted by molar-refractivity contribution is -0.129. The van der Waals surface area contributed by atoms with E-state index in [2.05, 4.69) is 4.98 Å². The van der Waals surface area contributed by atoms with Gasteiger partial charge in [0.25, 0.3) is 0 Å². The van der Waals surface area contributed by atoms with Crippen LogP contribution >= 0.6 is 10.7 Å². The molecule has 7 heteroatoms. The van der Waals surface area contributed by atoms with Gasteiger partial charge in [-0.1, -0.05) is 0 Å². The quantitative estimate of drug-likeness (QED) is 0.792. The number of halogens is 1. The largest absolute Gasteiger partial charge is 0.336 e. The summed E-state index contributed by atoms with van der Waals surface area (Å²) in [7, 11) is 1.68. The molecule has 0 aliphatic carbocycles. The third kappa shape index (κ3) is 3.67. The van der Waals surface area contributed by atoms with Crippen LogP contribution in [-0.4, -0.2) is 36.5 Å². The summed E-state index contributed by atoms with van der Waals surface area (Å²) >= 11 is 0. The topological polar surface area (TPSA) is 67.3 Å². The lowest BCUT2D eigenvalue weighted by atomic mass is 10.1. The Hall–Kier alpha value is -1.14. The number of rotatable bonds is 4. The predicted molar refractivity (Wildman–Crippen MR) is 72.1 cm³/mol. The molecule has 5 nitrogen and oxygen atoms in total. The average Bonchev–Trinajstić information content (AvgIpc) is 2.68. The summed E-state index contributed by atoms with van der Waals surface area (Å²) in [4.78, 5) is 17.6. The van der Waals surface area contributed by atoms with Crippen molar-refractivity contribution in [3.63, 3.8) is 0 Å². The molecule has 1 aromatic heterocycles. The van der Waals surface area contributed by atoms with E-state index in [1.54, 1.807) is 17.3 Å². The summed E-state index contributed by atoms with van der Waals surface area (Å²) < 4.78 is 22.1. The van der Waals surface area contributed by atoms with E-state index in [0.29, 0.717) is 6.54 Å². The van der Waals surface area contributed by atoms with Gasteiger partial charge in [0.05, 0.1) is 11.8 Å². The van der Waals surface area contributed by atoms with Gasteiger partial charge in [0.1, 0.15) is 0 Å². The van der Waals surface area contributed by atoms with Crippen LogP contribution in [0.5, 0.6) is 0 Å². The van der Waals surface area contributed by atoms with Crippen molar-refractivity contribution in [2.45, 2.75) is 19.4 Å². The molecule has 0 spiro atoms. The highest BCUT2D eigenvalue weighted by atomic mass is 35.7. The van der Waals surface area contributed by atoms with Gasteiger partial charge in [-0.3, -0.25) is 9.78 Å². The summed E-state index contributed by atoms with van der Waals surface area (Å²) in [5.41, 5.74) is 0.984. The van der Waals surface area contributed by atoms with E-state index in [-0.39, 0.29) is 30.0 Å². The first-order valence-corrected chi connectivity index (χ1v) is 8.46. The van der Waals surface area contributed by atoms with Crippen LogP contribution in [0.15, 0.2) is 24.5 Å². The Bertz CT molecular complexity index is 562. The molecule has 1 amide bonds. The number of aromatic nitrogens is 1. The standard InChI is InChI=1S/C12H15ClN2O3S/c1-9(11-2-4-14-5-3-11)15-7-10(6-12(15)16)8-19(13,17)18/h2-5,9-10H,6-8H2,1H3. The Balaban J connectivity index is 2.08. The number of likely N-dealkylation sites (tertiary alicyclic amines) is 1. The molecule has 2 heterocycles. The van der Waals surface area contributed by atoms with Crippen LogP contribution in [0.1, 0.15) is 24.9 Å². The number of carbonyl (C=O) groups excluding carboxylic acids is 1. The Labute approximate surface area is 117 Å². The van der Waals surface area contributed by atoms with Crippen molar-refractivity contribution in [2.24, 2.45) is 5.92 Å². The summed E-state index contributed by atoms with van der Waals surface area (Å²) in [5, 5.41) is 0. The molecule has 0 radical (unpaired) electrons. The van der Waals surface area contributed by atoms with Crippen LogP contribution in [0.3, 0.4) is 0 Å². The first kappa shape index (κ1) is 14.3. The number of hydrogen-bond acceptors (Lipinski definition) is 4. The van der Waals surface area contributed by atoms with Gasteiger partial charge in [-0.25, -0.2) is 8.42 Å². The molecule has 0 N–H and O–H groups in total. The summed E-state index contributed by atoms with van der Waals surface area (Å²) in [6.45, 7) is 2.35. The second-order valence-corrected chi connectivity index (χ2v) is 7.60. The molecular formula is C12H15ClN2O3S. The lowest BCUT2D eigenvalue weighted by Gasteiger charge is -2.25. The van der Waals surface area contributed by atoms with Gasteiger partial charge in [0.2, 0.25) is 15.0 Å². The van der Waals surface area contributed by atoms with Crippen LogP contribution in [0.2, 0.25) is 0 Å². The zero-order valence-electron chi connectivity index (χ0n) is 10.5. The van der Waals surface area contributed by atoms with Crippen molar-refractivity contribution < 1.29 is 13.2 Å². The first-order valence-electron chi connectivity index (χ1n) is 5.98. The third-order valence-electron chi connectivity index (χ3n) is 3.33. The predicted octanol–water partition coefficient (Wildman–Crippen LogP) is 1.56.